The number of nitrogens with two attached hydrogens (primary N) is 1. The number of hydrogen-bond donors (Lipinski definition) is 3. The summed E-state index contributed by atoms with van der Waals surface area (Å²) in [6.07, 6.45) is 1.63. The van der Waals surface area contributed by atoms with Gasteiger partial charge >= 0.3 is 0 Å². The molecule has 4 N–H and O–H groups in total. The van der Waals surface area contributed by atoms with Crippen LogP contribution < -0.4 is 11.1 Å². The van der Waals surface area contributed by atoms with Crippen molar-refractivity contribution in [1.29, 1.82) is 0 Å². The highest BCUT2D eigenvalue weighted by Gasteiger charge is 2.10. The first kappa shape index (κ1) is 8.96. The highest BCUT2D eigenvalue weighted by molar-refractivity contribution is 5.40. The zero-order valence-corrected chi connectivity index (χ0v) is 6.99. The molecule has 0 aliphatic rings. The molecule has 0 saturated heterocycles. The molecule has 12 heavy (non-hydrogen) atoms. The largest absolute Gasteiger partial charge is 0.394 e. The number of nitrogens with one attached hydrogen (secondary N) is 1. The summed E-state index contributed by atoms with van der Waals surface area (Å²) in [6.45, 7) is 0.0202. The Morgan fingerprint density at radius 3 is 3.00 bits per heavy atom. The van der Waals surface area contributed by atoms with Crippen molar-refractivity contribution in [2.45, 2.75) is 6.04 Å². The minimum atomic E-state index is -0.126. The molecule has 1 heterocycles. The van der Waals surface area contributed by atoms with Gasteiger partial charge in [-0.2, -0.15) is 0 Å². The Bertz CT molecular complexity index is 248. The maximum absolute atomic E-state index is 8.96. The Morgan fingerprint density at radius 1 is 1.75 bits per heavy atom. The summed E-state index contributed by atoms with van der Waals surface area (Å²) in [6, 6.07) is 3.52. The first-order valence-electron chi connectivity index (χ1n) is 3.78. The van der Waals surface area contributed by atoms with Crippen molar-refractivity contribution in [2.24, 2.45) is 0 Å². The van der Waals surface area contributed by atoms with Gasteiger partial charge < -0.3 is 16.2 Å². The van der Waals surface area contributed by atoms with E-state index in [2.05, 4.69) is 10.3 Å². The van der Waals surface area contributed by atoms with Crippen molar-refractivity contribution < 1.29 is 5.11 Å². The maximum Gasteiger partial charge on any atom is 0.128 e. The predicted molar refractivity (Wildman–Crippen MR) is 47.5 cm³/mol. The topological polar surface area (TPSA) is 71.2 Å². The number of pyridine rings is 1. The SMILES string of the molecule is CNC(CO)c1cccnc1N. The summed E-state index contributed by atoms with van der Waals surface area (Å²) in [5, 5.41) is 11.9. The van der Waals surface area contributed by atoms with Crippen LogP contribution in [0.5, 0.6) is 0 Å². The Kier molecular flexibility index (Phi) is 3.01. The number of anilines is 1. The summed E-state index contributed by atoms with van der Waals surface area (Å²) < 4.78 is 0. The van der Waals surface area contributed by atoms with E-state index in [0.29, 0.717) is 5.82 Å². The summed E-state index contributed by atoms with van der Waals surface area (Å²) in [4.78, 5) is 3.92. The lowest BCUT2D eigenvalue weighted by molar-refractivity contribution is 0.251. The number of hydrogen-bond acceptors (Lipinski definition) is 4. The zero-order chi connectivity index (χ0) is 8.97. The lowest BCUT2D eigenvalue weighted by Crippen LogP contribution is -2.21. The molecular weight excluding hydrogens is 154 g/mol. The summed E-state index contributed by atoms with van der Waals surface area (Å²) in [7, 11) is 1.77. The van der Waals surface area contributed by atoms with E-state index in [1.165, 1.54) is 0 Å². The molecule has 0 aromatic carbocycles. The minimum Gasteiger partial charge on any atom is -0.394 e. The Morgan fingerprint density at radius 2 is 2.50 bits per heavy atom. The van der Waals surface area contributed by atoms with Gasteiger partial charge in [0.25, 0.3) is 0 Å². The van der Waals surface area contributed by atoms with E-state index < -0.39 is 0 Å². The first-order valence-corrected chi connectivity index (χ1v) is 3.78. The normalized spacial score (nSPS) is 12.8. The molecule has 0 aliphatic carbocycles. The van der Waals surface area contributed by atoms with Crippen molar-refractivity contribution in [3.05, 3.63) is 23.9 Å². The van der Waals surface area contributed by atoms with Crippen LogP contribution in [0.1, 0.15) is 11.6 Å². The number of aliphatic hydroxyl groups excluding tert-OH is 1. The van der Waals surface area contributed by atoms with Gasteiger partial charge in [-0.3, -0.25) is 0 Å². The lowest BCUT2D eigenvalue weighted by Gasteiger charge is -2.14. The molecule has 0 fully saturated rings. The van der Waals surface area contributed by atoms with Gasteiger partial charge in [-0.25, -0.2) is 4.98 Å². The van der Waals surface area contributed by atoms with E-state index >= 15 is 0 Å². The van der Waals surface area contributed by atoms with Crippen molar-refractivity contribution in [2.75, 3.05) is 19.4 Å². The molecule has 1 atom stereocenters. The average molecular weight is 167 g/mol. The minimum absolute atomic E-state index is 0.0202. The van der Waals surface area contributed by atoms with E-state index in [1.807, 2.05) is 6.07 Å². The van der Waals surface area contributed by atoms with Gasteiger partial charge in [-0.15, -0.1) is 0 Å². The van der Waals surface area contributed by atoms with Gasteiger partial charge in [-0.1, -0.05) is 6.07 Å². The molecule has 0 spiro atoms. The number of likely N-dealkylation sites (N-methyl/N-ethyl adjacent to an activating group) is 1. The molecule has 0 amide bonds. The van der Waals surface area contributed by atoms with Crippen LogP contribution in [0.3, 0.4) is 0 Å². The molecule has 0 aliphatic heterocycles. The molecular formula is C8H13N3O. The van der Waals surface area contributed by atoms with E-state index in [9.17, 15) is 0 Å². The fourth-order valence-corrected chi connectivity index (χ4v) is 1.07. The van der Waals surface area contributed by atoms with E-state index in [4.69, 9.17) is 10.8 Å². The van der Waals surface area contributed by atoms with E-state index in [0.717, 1.165) is 5.56 Å². The van der Waals surface area contributed by atoms with Gasteiger partial charge in [0.05, 0.1) is 12.6 Å². The Labute approximate surface area is 71.4 Å². The molecule has 1 aromatic rings. The van der Waals surface area contributed by atoms with Crippen molar-refractivity contribution >= 4 is 5.82 Å². The van der Waals surface area contributed by atoms with E-state index in [1.54, 1.807) is 19.3 Å². The Hall–Kier alpha value is -1.13. The first-order chi connectivity index (χ1) is 5.79. The average Bonchev–Trinajstić information content (AvgIpc) is 2.10. The fraction of sp³-hybridized carbons (Fsp3) is 0.375. The van der Waals surface area contributed by atoms with Crippen molar-refractivity contribution in [1.82, 2.24) is 10.3 Å². The zero-order valence-electron chi connectivity index (χ0n) is 6.99. The van der Waals surface area contributed by atoms with Gasteiger partial charge in [0, 0.05) is 11.8 Å². The molecule has 0 bridgehead atoms. The van der Waals surface area contributed by atoms with Crippen LogP contribution in [0.25, 0.3) is 0 Å². The van der Waals surface area contributed by atoms with Crippen LogP contribution >= 0.6 is 0 Å². The predicted octanol–water partition coefficient (Wildman–Crippen LogP) is -0.0834. The highest BCUT2D eigenvalue weighted by Crippen LogP contribution is 2.16. The second kappa shape index (κ2) is 4.04. The molecule has 1 aromatic heterocycles. The molecule has 66 valence electrons. The molecule has 4 nitrogen and oxygen atoms in total. The van der Waals surface area contributed by atoms with Gasteiger partial charge in [0.2, 0.25) is 0 Å². The standard InChI is InChI=1S/C8H13N3O/c1-10-7(5-12)6-3-2-4-11-8(6)9/h2-4,7,10,12H,5H2,1H3,(H2,9,11). The summed E-state index contributed by atoms with van der Waals surface area (Å²) in [5.41, 5.74) is 6.45. The van der Waals surface area contributed by atoms with Crippen LogP contribution in [0.4, 0.5) is 5.82 Å². The number of nitrogens with zero attached hydrogens (tertiary/aromatic N) is 1. The van der Waals surface area contributed by atoms with Crippen molar-refractivity contribution in [3.8, 4) is 0 Å². The molecule has 1 rings (SSSR count). The van der Waals surface area contributed by atoms with Gasteiger partial charge in [0.1, 0.15) is 5.82 Å². The van der Waals surface area contributed by atoms with Gasteiger partial charge in [-0.05, 0) is 13.1 Å². The van der Waals surface area contributed by atoms with Crippen LogP contribution in [0, 0.1) is 0 Å². The third-order valence-electron chi connectivity index (χ3n) is 1.78. The maximum atomic E-state index is 8.96. The second-order valence-electron chi connectivity index (χ2n) is 2.50. The number of aliphatic hydroxyl groups is 1. The van der Waals surface area contributed by atoms with Crippen molar-refractivity contribution in [3.63, 3.8) is 0 Å². The molecule has 4 heteroatoms. The monoisotopic (exact) mass is 167 g/mol. The van der Waals surface area contributed by atoms with Crippen LogP contribution in [-0.4, -0.2) is 23.7 Å². The number of aromatic nitrogens is 1. The number of rotatable bonds is 3. The van der Waals surface area contributed by atoms with Crippen LogP contribution in [0.2, 0.25) is 0 Å². The third kappa shape index (κ3) is 1.72. The van der Waals surface area contributed by atoms with E-state index in [-0.39, 0.29) is 12.6 Å². The summed E-state index contributed by atoms with van der Waals surface area (Å²) in [5.74, 6) is 0.464. The molecule has 1 unspecified atom stereocenters. The number of nitrogen functional groups attached to an aromatic ring is 1. The fourth-order valence-electron chi connectivity index (χ4n) is 1.07. The summed E-state index contributed by atoms with van der Waals surface area (Å²) >= 11 is 0. The van der Waals surface area contributed by atoms with Crippen LogP contribution in [0.15, 0.2) is 18.3 Å². The molecule has 0 saturated carbocycles. The smallest absolute Gasteiger partial charge is 0.128 e. The Balaban J connectivity index is 2.92. The van der Waals surface area contributed by atoms with Crippen LogP contribution in [-0.2, 0) is 0 Å². The lowest BCUT2D eigenvalue weighted by atomic mass is 10.1. The second-order valence-corrected chi connectivity index (χ2v) is 2.50. The quantitative estimate of drug-likeness (QED) is 0.588. The molecule has 0 radical (unpaired) electrons. The van der Waals surface area contributed by atoms with Gasteiger partial charge in [0.15, 0.2) is 0 Å². The third-order valence-corrected chi connectivity index (χ3v) is 1.78. The highest BCUT2D eigenvalue weighted by atomic mass is 16.3.